The van der Waals surface area contributed by atoms with Crippen molar-refractivity contribution in [3.63, 3.8) is 0 Å². The molecule has 0 aliphatic carbocycles. The van der Waals surface area contributed by atoms with Gasteiger partial charge in [0, 0.05) is 12.5 Å². The molecule has 1 atom stereocenters. The smallest absolute Gasteiger partial charge is 0.167 e. The van der Waals surface area contributed by atoms with Crippen molar-refractivity contribution in [2.45, 2.75) is 53.1 Å². The third kappa shape index (κ3) is 6.24. The number of hydrogen-bond acceptors (Lipinski definition) is 2. The molecule has 0 amide bonds. The molecule has 0 saturated heterocycles. The Bertz CT molecular complexity index is 259. The van der Waals surface area contributed by atoms with Gasteiger partial charge < -0.3 is 4.74 Å². The first kappa shape index (κ1) is 18.0. The fraction of sp³-hybridized carbons (Fsp3) is 0.933. The van der Waals surface area contributed by atoms with E-state index in [0.717, 1.165) is 12.2 Å². The predicted molar refractivity (Wildman–Crippen MR) is 84.0 cm³/mol. The molecule has 0 saturated carbocycles. The second-order valence-corrected chi connectivity index (χ2v) is 10.5. The lowest BCUT2D eigenvalue weighted by atomic mass is 9.94. The Labute approximate surface area is 115 Å². The van der Waals surface area contributed by atoms with Crippen molar-refractivity contribution in [3.05, 3.63) is 0 Å². The number of rotatable bonds is 9. The van der Waals surface area contributed by atoms with Gasteiger partial charge in [-0.1, -0.05) is 20.8 Å². The molecule has 0 aliphatic heterocycles. The van der Waals surface area contributed by atoms with E-state index < -0.39 is 15.6 Å². The Hall–Kier alpha value is -0.0200. The summed E-state index contributed by atoms with van der Waals surface area (Å²) in [7, 11) is -0.633. The van der Waals surface area contributed by atoms with E-state index >= 15 is 0 Å². The normalized spacial score (nSPS) is 15.5. The van der Waals surface area contributed by atoms with Crippen LogP contribution in [0.5, 0.6) is 0 Å². The molecule has 3 heteroatoms. The van der Waals surface area contributed by atoms with E-state index in [-0.39, 0.29) is 11.7 Å². The van der Waals surface area contributed by atoms with Gasteiger partial charge in [-0.2, -0.15) is 0 Å². The quantitative estimate of drug-likeness (QED) is 0.639. The first-order valence-corrected chi connectivity index (χ1v) is 9.82. The summed E-state index contributed by atoms with van der Waals surface area (Å²) >= 11 is 0. The van der Waals surface area contributed by atoms with Gasteiger partial charge in [-0.25, -0.2) is 10.0 Å². The minimum Gasteiger partial charge on any atom is -0.368 e. The van der Waals surface area contributed by atoms with Gasteiger partial charge in [0.15, 0.2) is 5.78 Å². The van der Waals surface area contributed by atoms with E-state index in [1.54, 1.807) is 0 Å². The number of Topliss-reactive ketones (excluding diaryl/α,β-unsaturated/α-hetero) is 1. The molecule has 0 spiro atoms. The molecule has 1 unspecified atom stereocenters. The van der Waals surface area contributed by atoms with E-state index in [1.165, 1.54) is 12.2 Å². The van der Waals surface area contributed by atoms with E-state index in [4.69, 9.17) is 4.74 Å². The van der Waals surface area contributed by atoms with Crippen molar-refractivity contribution in [2.75, 3.05) is 30.6 Å². The highest BCUT2D eigenvalue weighted by molar-refractivity contribution is 8.32. The molecule has 0 heterocycles. The second-order valence-electron chi connectivity index (χ2n) is 6.26. The van der Waals surface area contributed by atoms with Crippen LogP contribution in [0.4, 0.5) is 0 Å². The molecule has 0 rings (SSSR count). The first-order chi connectivity index (χ1) is 8.16. The van der Waals surface area contributed by atoms with E-state index in [1.807, 2.05) is 13.8 Å². The second kappa shape index (κ2) is 7.54. The van der Waals surface area contributed by atoms with E-state index in [2.05, 4.69) is 33.3 Å². The molecule has 0 fully saturated rings. The fourth-order valence-corrected chi connectivity index (χ4v) is 5.19. The highest BCUT2D eigenvalue weighted by atomic mass is 32.3. The summed E-state index contributed by atoms with van der Waals surface area (Å²) < 4.78 is 5.70. The molecule has 0 aromatic heterocycles. The van der Waals surface area contributed by atoms with Crippen LogP contribution in [0.2, 0.25) is 0 Å². The van der Waals surface area contributed by atoms with Crippen LogP contribution in [0.15, 0.2) is 0 Å². The molecule has 0 aliphatic rings. The van der Waals surface area contributed by atoms with Crippen molar-refractivity contribution in [1.29, 1.82) is 0 Å². The SMILES string of the molecule is CCCOC(C)(C)C(=O)C(C)CS(C)(C)CCC. The van der Waals surface area contributed by atoms with Gasteiger partial charge in [0.2, 0.25) is 0 Å². The summed E-state index contributed by atoms with van der Waals surface area (Å²) in [5.41, 5.74) is -0.628. The first-order valence-electron chi connectivity index (χ1n) is 7.03. The Morgan fingerprint density at radius 2 is 1.78 bits per heavy atom. The van der Waals surface area contributed by atoms with E-state index in [0.29, 0.717) is 6.61 Å². The van der Waals surface area contributed by atoms with Crippen LogP contribution in [0.3, 0.4) is 0 Å². The van der Waals surface area contributed by atoms with Gasteiger partial charge in [0.1, 0.15) is 5.60 Å². The highest BCUT2D eigenvalue weighted by Crippen LogP contribution is 2.42. The molecule has 2 nitrogen and oxygen atoms in total. The summed E-state index contributed by atoms with van der Waals surface area (Å²) in [5, 5.41) is 0. The topological polar surface area (TPSA) is 26.3 Å². The number of ketones is 1. The molecular formula is C15H32O2S. The maximum Gasteiger partial charge on any atom is 0.167 e. The van der Waals surface area contributed by atoms with Crippen LogP contribution in [0, 0.1) is 5.92 Å². The van der Waals surface area contributed by atoms with Gasteiger partial charge in [-0.05, 0) is 50.7 Å². The van der Waals surface area contributed by atoms with Crippen LogP contribution in [0.25, 0.3) is 0 Å². The fourth-order valence-electron chi connectivity index (χ4n) is 2.41. The minimum atomic E-state index is -0.633. The third-order valence-electron chi connectivity index (χ3n) is 3.17. The number of carbonyl (C=O) groups is 1. The zero-order valence-electron chi connectivity index (χ0n) is 13.3. The Morgan fingerprint density at radius 1 is 1.22 bits per heavy atom. The predicted octanol–water partition coefficient (Wildman–Crippen LogP) is 3.87. The molecule has 18 heavy (non-hydrogen) atoms. The summed E-state index contributed by atoms with van der Waals surface area (Å²) in [6, 6.07) is 0. The largest absolute Gasteiger partial charge is 0.368 e. The Morgan fingerprint density at radius 3 is 2.22 bits per heavy atom. The Kier molecular flexibility index (Phi) is 7.53. The minimum absolute atomic E-state index is 0.105. The molecule has 0 radical (unpaired) electrons. The van der Waals surface area contributed by atoms with Gasteiger partial charge in [-0.15, -0.1) is 0 Å². The molecular weight excluding hydrogens is 244 g/mol. The maximum absolute atomic E-state index is 12.4. The summed E-state index contributed by atoms with van der Waals surface area (Å²) in [5.74, 6) is 2.64. The van der Waals surface area contributed by atoms with E-state index in [9.17, 15) is 4.79 Å². The Balaban J connectivity index is 4.49. The molecule has 0 N–H and O–H groups in total. The lowest BCUT2D eigenvalue weighted by Gasteiger charge is -2.35. The lowest BCUT2D eigenvalue weighted by Crippen LogP contribution is -2.40. The number of ether oxygens (including phenoxy) is 1. The van der Waals surface area contributed by atoms with Crippen LogP contribution in [0.1, 0.15) is 47.5 Å². The monoisotopic (exact) mass is 276 g/mol. The van der Waals surface area contributed by atoms with Gasteiger partial charge >= 0.3 is 0 Å². The van der Waals surface area contributed by atoms with Crippen molar-refractivity contribution in [3.8, 4) is 0 Å². The average Bonchev–Trinajstić information content (AvgIpc) is 2.24. The van der Waals surface area contributed by atoms with Gasteiger partial charge in [0.05, 0.1) is 0 Å². The molecule has 0 bridgehead atoms. The molecule has 0 aromatic rings. The zero-order chi connectivity index (χ0) is 14.4. The zero-order valence-corrected chi connectivity index (χ0v) is 14.2. The maximum atomic E-state index is 12.4. The average molecular weight is 276 g/mol. The van der Waals surface area contributed by atoms with Crippen LogP contribution in [-0.4, -0.2) is 42.0 Å². The summed E-state index contributed by atoms with van der Waals surface area (Å²) in [6.07, 6.45) is 6.83. The van der Waals surface area contributed by atoms with Gasteiger partial charge in [0.25, 0.3) is 0 Å². The standard InChI is InChI=1S/C15H32O2S/c1-8-10-17-15(4,5)14(16)13(3)12-18(6,7)11-9-2/h13H,8-12H2,1-7H3. The third-order valence-corrected chi connectivity index (χ3v) is 6.08. The highest BCUT2D eigenvalue weighted by Gasteiger charge is 2.33. The van der Waals surface area contributed by atoms with Crippen molar-refractivity contribution >= 4 is 15.8 Å². The van der Waals surface area contributed by atoms with Crippen molar-refractivity contribution in [1.82, 2.24) is 0 Å². The number of hydrogen-bond donors (Lipinski definition) is 0. The van der Waals surface area contributed by atoms with Crippen molar-refractivity contribution < 1.29 is 9.53 Å². The van der Waals surface area contributed by atoms with Crippen molar-refractivity contribution in [2.24, 2.45) is 5.92 Å². The number of carbonyl (C=O) groups excluding carboxylic acids is 1. The molecule has 0 aromatic carbocycles. The molecule has 110 valence electrons. The summed E-state index contributed by atoms with van der Waals surface area (Å²) in [4.78, 5) is 12.4. The summed E-state index contributed by atoms with van der Waals surface area (Å²) in [6.45, 7) is 10.8. The lowest BCUT2D eigenvalue weighted by molar-refractivity contribution is -0.143. The van der Waals surface area contributed by atoms with Crippen LogP contribution < -0.4 is 0 Å². The van der Waals surface area contributed by atoms with Crippen LogP contribution >= 0.6 is 10.0 Å². The van der Waals surface area contributed by atoms with Crippen LogP contribution in [-0.2, 0) is 9.53 Å². The van der Waals surface area contributed by atoms with Gasteiger partial charge in [-0.3, -0.25) is 4.79 Å².